The third-order valence-electron chi connectivity index (χ3n) is 4.77. The number of hydrogen-bond donors (Lipinski definition) is 1. The molecule has 30 heavy (non-hydrogen) atoms. The Labute approximate surface area is 171 Å². The zero-order valence-electron chi connectivity index (χ0n) is 16.0. The number of morpholine rings is 1. The van der Waals surface area contributed by atoms with Crippen LogP contribution in [-0.2, 0) is 4.74 Å². The lowest BCUT2D eigenvalue weighted by Gasteiger charge is -2.27. The maximum atomic E-state index is 12.6. The van der Waals surface area contributed by atoms with Crippen LogP contribution in [0.15, 0.2) is 55.0 Å². The summed E-state index contributed by atoms with van der Waals surface area (Å²) in [4.78, 5) is 23.1. The number of anilines is 2. The average molecular weight is 402 g/mol. The molecule has 1 saturated heterocycles. The third-order valence-corrected chi connectivity index (χ3v) is 4.77. The Kier molecular flexibility index (Phi) is 4.74. The Bertz CT molecular complexity index is 1190. The first-order valence-electron chi connectivity index (χ1n) is 9.51. The highest BCUT2D eigenvalue weighted by Crippen LogP contribution is 2.20. The van der Waals surface area contributed by atoms with E-state index in [0.717, 1.165) is 18.9 Å². The average Bonchev–Trinajstić information content (AvgIpc) is 3.24. The van der Waals surface area contributed by atoms with Crippen LogP contribution in [0.25, 0.3) is 17.2 Å². The lowest BCUT2D eigenvalue weighted by molar-refractivity contribution is 0.102. The lowest BCUT2D eigenvalue weighted by atomic mass is 10.2. The van der Waals surface area contributed by atoms with Crippen molar-refractivity contribution < 1.29 is 9.53 Å². The summed E-state index contributed by atoms with van der Waals surface area (Å²) in [6.07, 6.45) is 4.81. The van der Waals surface area contributed by atoms with Crippen LogP contribution in [0.4, 0.5) is 11.5 Å². The summed E-state index contributed by atoms with van der Waals surface area (Å²) in [5, 5.41) is 16.0. The van der Waals surface area contributed by atoms with Crippen molar-refractivity contribution in [3.8, 4) is 11.5 Å². The zero-order valence-corrected chi connectivity index (χ0v) is 16.0. The van der Waals surface area contributed by atoms with Crippen LogP contribution in [0.1, 0.15) is 10.4 Å². The number of carbonyl (C=O) groups is 1. The van der Waals surface area contributed by atoms with Gasteiger partial charge in [-0.1, -0.05) is 0 Å². The van der Waals surface area contributed by atoms with E-state index in [4.69, 9.17) is 9.84 Å². The highest BCUT2D eigenvalue weighted by Gasteiger charge is 2.17. The number of aromatic nitrogens is 6. The van der Waals surface area contributed by atoms with E-state index in [9.17, 15) is 4.79 Å². The molecule has 4 aromatic rings. The summed E-state index contributed by atoms with van der Waals surface area (Å²) in [6, 6.07) is 10.6. The maximum absolute atomic E-state index is 12.6. The van der Waals surface area contributed by atoms with Crippen molar-refractivity contribution in [2.24, 2.45) is 0 Å². The number of nitrogens with one attached hydrogen (secondary N) is 1. The van der Waals surface area contributed by atoms with E-state index in [1.165, 1.54) is 0 Å². The molecule has 4 aromatic heterocycles. The van der Waals surface area contributed by atoms with Gasteiger partial charge in [-0.25, -0.2) is 0 Å². The minimum Gasteiger partial charge on any atom is -0.378 e. The van der Waals surface area contributed by atoms with Crippen molar-refractivity contribution in [2.45, 2.75) is 0 Å². The quantitative estimate of drug-likeness (QED) is 0.549. The predicted octanol–water partition coefficient (Wildman–Crippen LogP) is 1.67. The largest absolute Gasteiger partial charge is 0.378 e. The van der Waals surface area contributed by atoms with Crippen molar-refractivity contribution >= 4 is 23.1 Å². The van der Waals surface area contributed by atoms with Gasteiger partial charge in [-0.2, -0.15) is 4.52 Å². The van der Waals surface area contributed by atoms with E-state index >= 15 is 0 Å². The molecule has 0 saturated carbocycles. The molecule has 0 aliphatic carbocycles. The van der Waals surface area contributed by atoms with E-state index in [-0.39, 0.29) is 5.91 Å². The number of fused-ring (bicyclic) bond motifs is 1. The fourth-order valence-electron chi connectivity index (χ4n) is 3.23. The van der Waals surface area contributed by atoms with E-state index in [1.807, 2.05) is 12.1 Å². The second-order valence-electron chi connectivity index (χ2n) is 6.70. The molecule has 1 aliphatic rings. The fraction of sp³-hybridized carbons (Fsp3) is 0.200. The number of amides is 1. The van der Waals surface area contributed by atoms with Crippen molar-refractivity contribution in [2.75, 3.05) is 36.5 Å². The van der Waals surface area contributed by atoms with Crippen molar-refractivity contribution in [1.82, 2.24) is 29.8 Å². The molecule has 0 radical (unpaired) electrons. The van der Waals surface area contributed by atoms with Crippen molar-refractivity contribution in [1.29, 1.82) is 0 Å². The number of nitrogens with zero attached hydrogens (tertiary/aromatic N) is 7. The molecule has 1 aliphatic heterocycles. The summed E-state index contributed by atoms with van der Waals surface area (Å²) in [7, 11) is 0. The van der Waals surface area contributed by atoms with Crippen LogP contribution in [0.2, 0.25) is 0 Å². The van der Waals surface area contributed by atoms with Gasteiger partial charge >= 0.3 is 0 Å². The molecule has 0 unspecified atom stereocenters. The summed E-state index contributed by atoms with van der Waals surface area (Å²) in [5.74, 6) is 1.04. The first-order valence-corrected chi connectivity index (χ1v) is 9.51. The third kappa shape index (κ3) is 3.55. The van der Waals surface area contributed by atoms with Gasteiger partial charge in [-0.05, 0) is 36.4 Å². The van der Waals surface area contributed by atoms with Crippen molar-refractivity contribution in [3.63, 3.8) is 0 Å². The SMILES string of the molecule is O=C(Nc1ccncc1)c1ccnc(-c2nnc3ccc(N4CCOCC4)nn23)c1. The molecule has 10 nitrogen and oxygen atoms in total. The van der Waals surface area contributed by atoms with Gasteiger partial charge in [0.05, 0.1) is 13.2 Å². The molecule has 1 N–H and O–H groups in total. The van der Waals surface area contributed by atoms with Gasteiger partial charge in [0.2, 0.25) is 5.82 Å². The van der Waals surface area contributed by atoms with Crippen LogP contribution in [0.3, 0.4) is 0 Å². The molecule has 5 heterocycles. The Morgan fingerprint density at radius 2 is 1.83 bits per heavy atom. The minimum absolute atomic E-state index is 0.249. The van der Waals surface area contributed by atoms with Crippen LogP contribution < -0.4 is 10.2 Å². The topological polar surface area (TPSA) is 110 Å². The van der Waals surface area contributed by atoms with E-state index in [0.29, 0.717) is 41.6 Å². The van der Waals surface area contributed by atoms with Gasteiger partial charge in [-0.3, -0.25) is 14.8 Å². The van der Waals surface area contributed by atoms with Crippen LogP contribution in [-0.4, -0.2) is 62.0 Å². The summed E-state index contributed by atoms with van der Waals surface area (Å²) in [5.41, 5.74) is 2.24. The molecule has 5 rings (SSSR count). The second-order valence-corrected chi connectivity index (χ2v) is 6.70. The lowest BCUT2D eigenvalue weighted by Crippen LogP contribution is -2.37. The second kappa shape index (κ2) is 7.84. The zero-order chi connectivity index (χ0) is 20.3. The Hall–Kier alpha value is -3.92. The van der Waals surface area contributed by atoms with Crippen LogP contribution >= 0.6 is 0 Å². The summed E-state index contributed by atoms with van der Waals surface area (Å²) >= 11 is 0. The van der Waals surface area contributed by atoms with Gasteiger partial charge in [0.15, 0.2) is 5.65 Å². The number of ether oxygens (including phenoxy) is 1. The molecular weight excluding hydrogens is 384 g/mol. The molecular formula is C20H18N8O2. The Balaban J connectivity index is 1.46. The van der Waals surface area contributed by atoms with E-state index < -0.39 is 0 Å². The van der Waals surface area contributed by atoms with Gasteiger partial charge in [0.25, 0.3) is 5.91 Å². The maximum Gasteiger partial charge on any atom is 0.255 e. The molecule has 150 valence electrons. The first-order chi connectivity index (χ1) is 14.8. The number of pyridine rings is 2. The number of hydrogen-bond acceptors (Lipinski definition) is 8. The normalized spacial score (nSPS) is 14.1. The van der Waals surface area contributed by atoms with Crippen LogP contribution in [0, 0.1) is 0 Å². The number of rotatable bonds is 4. The van der Waals surface area contributed by atoms with E-state index in [2.05, 4.69) is 30.4 Å². The Morgan fingerprint density at radius 3 is 2.67 bits per heavy atom. The summed E-state index contributed by atoms with van der Waals surface area (Å²) in [6.45, 7) is 2.90. The fourth-order valence-corrected chi connectivity index (χ4v) is 3.23. The molecule has 10 heteroatoms. The minimum atomic E-state index is -0.249. The van der Waals surface area contributed by atoms with Gasteiger partial charge < -0.3 is 15.0 Å². The summed E-state index contributed by atoms with van der Waals surface area (Å²) < 4.78 is 7.06. The number of carbonyl (C=O) groups excluding carboxylic acids is 1. The molecule has 0 bridgehead atoms. The van der Waals surface area contributed by atoms with Gasteiger partial charge in [-0.15, -0.1) is 15.3 Å². The molecule has 1 amide bonds. The smallest absolute Gasteiger partial charge is 0.255 e. The standard InChI is InChI=1S/C20H18N8O2/c29-20(23-15-4-6-21-7-5-15)14-3-8-22-16(13-14)19-25-24-17-1-2-18(26-28(17)19)27-9-11-30-12-10-27/h1-8,13H,9-12H2,(H,21,23,29). The highest BCUT2D eigenvalue weighted by atomic mass is 16.5. The molecule has 0 spiro atoms. The Morgan fingerprint density at radius 1 is 1.00 bits per heavy atom. The molecule has 0 aromatic carbocycles. The highest BCUT2D eigenvalue weighted by molar-refractivity contribution is 6.04. The molecule has 0 atom stereocenters. The first kappa shape index (κ1) is 18.1. The molecule has 1 fully saturated rings. The van der Waals surface area contributed by atoms with Gasteiger partial charge in [0, 0.05) is 42.9 Å². The van der Waals surface area contributed by atoms with Gasteiger partial charge in [0.1, 0.15) is 11.5 Å². The van der Waals surface area contributed by atoms with Crippen molar-refractivity contribution in [3.05, 3.63) is 60.6 Å². The van der Waals surface area contributed by atoms with E-state index in [1.54, 1.807) is 47.4 Å². The predicted molar refractivity (Wildman–Crippen MR) is 109 cm³/mol. The monoisotopic (exact) mass is 402 g/mol. The van der Waals surface area contributed by atoms with Crippen LogP contribution in [0.5, 0.6) is 0 Å².